The molecule has 1 nitrogen and oxygen atoms in total. The number of nitrogens with zero attached hydrogens (tertiary/aromatic N) is 1. The Hall–Kier alpha value is -4.10. The van der Waals surface area contributed by atoms with Gasteiger partial charge in [0.25, 0.3) is 0 Å². The van der Waals surface area contributed by atoms with Gasteiger partial charge in [-0.25, -0.2) is 0 Å². The fourth-order valence-corrected chi connectivity index (χ4v) is 8.01. The number of fused-ring (bicyclic) bond motifs is 4. The molecule has 0 saturated heterocycles. The summed E-state index contributed by atoms with van der Waals surface area (Å²) in [6.45, 7) is 2.46. The molecule has 5 aliphatic carbocycles. The van der Waals surface area contributed by atoms with Crippen LogP contribution >= 0.6 is 0 Å². The van der Waals surface area contributed by atoms with Gasteiger partial charge in [0.05, 0.1) is 0 Å². The maximum absolute atomic E-state index is 2.58. The van der Waals surface area contributed by atoms with Crippen molar-refractivity contribution >= 4 is 17.7 Å². The standard InChI is InChI=1S/C39H35N/c1-39(28-13-3-2-4-14-28)34-19-9-5-17-32(34)38(33-18-6-10-20-35(33)39)27-23-25-29(26-24-27)40-36-21-11-7-15-30(36)31-16-8-12-22-37(31)40/h2-5,7-10,13-17,19-20,23-26,34H,6,11-12,18,21-22H2,1H3. The highest BCUT2D eigenvalue weighted by Crippen LogP contribution is 2.55. The van der Waals surface area contributed by atoms with E-state index in [1.165, 1.54) is 61.6 Å². The molecule has 5 aliphatic rings. The van der Waals surface area contributed by atoms with Gasteiger partial charge in [-0.2, -0.15) is 0 Å². The van der Waals surface area contributed by atoms with Crippen molar-refractivity contribution in [1.29, 1.82) is 0 Å². The summed E-state index contributed by atoms with van der Waals surface area (Å²) in [4.78, 5) is 0. The molecule has 0 spiro atoms. The van der Waals surface area contributed by atoms with Crippen LogP contribution in [-0.2, 0) is 18.3 Å². The molecule has 2 aromatic carbocycles. The summed E-state index contributed by atoms with van der Waals surface area (Å²) in [6.07, 6.45) is 30.2. The van der Waals surface area contributed by atoms with Gasteiger partial charge in [0.15, 0.2) is 0 Å². The number of benzene rings is 2. The summed E-state index contributed by atoms with van der Waals surface area (Å²) >= 11 is 0. The summed E-state index contributed by atoms with van der Waals surface area (Å²) in [5.41, 5.74) is 15.7. The molecule has 0 N–H and O–H groups in total. The van der Waals surface area contributed by atoms with Crippen molar-refractivity contribution in [3.63, 3.8) is 0 Å². The van der Waals surface area contributed by atoms with Crippen LogP contribution in [0.5, 0.6) is 0 Å². The number of aromatic nitrogens is 1. The van der Waals surface area contributed by atoms with Crippen LogP contribution in [0.15, 0.2) is 120 Å². The summed E-state index contributed by atoms with van der Waals surface area (Å²) in [6, 6.07) is 20.7. The minimum Gasteiger partial charge on any atom is -0.317 e. The maximum atomic E-state index is 2.58. The summed E-state index contributed by atoms with van der Waals surface area (Å²) in [5.74, 6) is 0.304. The molecule has 0 saturated carbocycles. The molecule has 196 valence electrons. The Morgan fingerprint density at radius 2 is 1.38 bits per heavy atom. The second-order valence-corrected chi connectivity index (χ2v) is 11.9. The fraction of sp³-hybridized carbons (Fsp3) is 0.231. The predicted molar refractivity (Wildman–Crippen MR) is 168 cm³/mol. The van der Waals surface area contributed by atoms with Crippen molar-refractivity contribution in [2.75, 3.05) is 0 Å². The summed E-state index contributed by atoms with van der Waals surface area (Å²) < 4.78 is 2.58. The average Bonchev–Trinajstić information content (AvgIpc) is 3.36. The average molecular weight is 518 g/mol. The van der Waals surface area contributed by atoms with Crippen molar-refractivity contribution in [2.24, 2.45) is 5.92 Å². The highest BCUT2D eigenvalue weighted by atomic mass is 15.0. The van der Waals surface area contributed by atoms with Crippen LogP contribution in [0.4, 0.5) is 0 Å². The van der Waals surface area contributed by atoms with Crippen molar-refractivity contribution in [1.82, 2.24) is 4.57 Å². The quantitative estimate of drug-likeness (QED) is 0.326. The molecule has 0 aliphatic heterocycles. The van der Waals surface area contributed by atoms with E-state index in [0.29, 0.717) is 5.92 Å². The maximum Gasteiger partial charge on any atom is 0.0456 e. The molecule has 1 heteroatoms. The van der Waals surface area contributed by atoms with Crippen LogP contribution < -0.4 is 0 Å². The SMILES string of the molecule is CC1(c2ccccc2)C2=C(CCC=C2)C(c2ccc(-n3c4c(c5c3CCC=C5)C=CCC4)cc2)=C2C=CC=CC21. The van der Waals surface area contributed by atoms with Gasteiger partial charge in [0.1, 0.15) is 0 Å². The van der Waals surface area contributed by atoms with Gasteiger partial charge in [-0.05, 0) is 84.1 Å². The van der Waals surface area contributed by atoms with E-state index in [-0.39, 0.29) is 5.41 Å². The van der Waals surface area contributed by atoms with Gasteiger partial charge in [-0.15, -0.1) is 0 Å². The lowest BCUT2D eigenvalue weighted by molar-refractivity contribution is 0.456. The first-order valence-electron chi connectivity index (χ1n) is 15.0. The Morgan fingerprint density at radius 1 is 0.700 bits per heavy atom. The lowest BCUT2D eigenvalue weighted by Gasteiger charge is -2.46. The molecule has 8 rings (SSSR count). The largest absolute Gasteiger partial charge is 0.317 e. The topological polar surface area (TPSA) is 4.93 Å². The van der Waals surface area contributed by atoms with Crippen LogP contribution in [0.3, 0.4) is 0 Å². The van der Waals surface area contributed by atoms with Crippen LogP contribution in [0, 0.1) is 5.92 Å². The number of rotatable bonds is 3. The minimum atomic E-state index is -0.0855. The van der Waals surface area contributed by atoms with Gasteiger partial charge in [-0.3, -0.25) is 0 Å². The minimum absolute atomic E-state index is 0.0855. The molecule has 1 aromatic heterocycles. The third kappa shape index (κ3) is 3.40. The molecular formula is C39H35N. The molecule has 2 atom stereocenters. The molecule has 0 amide bonds. The van der Waals surface area contributed by atoms with Crippen LogP contribution in [0.25, 0.3) is 23.4 Å². The van der Waals surface area contributed by atoms with Crippen LogP contribution in [0.1, 0.15) is 66.2 Å². The van der Waals surface area contributed by atoms with E-state index >= 15 is 0 Å². The van der Waals surface area contributed by atoms with E-state index in [9.17, 15) is 0 Å². The molecule has 2 unspecified atom stereocenters. The van der Waals surface area contributed by atoms with E-state index in [1.807, 2.05) is 0 Å². The number of hydrogen-bond donors (Lipinski definition) is 0. The van der Waals surface area contributed by atoms with E-state index < -0.39 is 0 Å². The van der Waals surface area contributed by atoms with Gasteiger partial charge < -0.3 is 4.57 Å². The Bertz CT molecular complexity index is 1690. The van der Waals surface area contributed by atoms with Gasteiger partial charge in [0, 0.05) is 39.5 Å². The first-order chi connectivity index (χ1) is 19.7. The smallest absolute Gasteiger partial charge is 0.0456 e. The van der Waals surface area contributed by atoms with Crippen LogP contribution in [-0.4, -0.2) is 4.57 Å². The molecular weight excluding hydrogens is 482 g/mol. The van der Waals surface area contributed by atoms with Gasteiger partial charge in [-0.1, -0.05) is 110 Å². The zero-order chi connectivity index (χ0) is 26.7. The first kappa shape index (κ1) is 23.8. The Balaban J connectivity index is 1.28. The second kappa shape index (κ2) is 9.24. The van der Waals surface area contributed by atoms with E-state index in [1.54, 1.807) is 0 Å². The summed E-state index contributed by atoms with van der Waals surface area (Å²) in [5, 5.41) is 0. The molecule has 0 radical (unpaired) electrons. The first-order valence-corrected chi connectivity index (χ1v) is 15.0. The van der Waals surface area contributed by atoms with Gasteiger partial charge >= 0.3 is 0 Å². The Kier molecular flexibility index (Phi) is 5.49. The lowest BCUT2D eigenvalue weighted by atomic mass is 9.56. The zero-order valence-electron chi connectivity index (χ0n) is 23.2. The third-order valence-corrected chi connectivity index (χ3v) is 9.87. The van der Waals surface area contributed by atoms with E-state index in [2.05, 4.69) is 127 Å². The van der Waals surface area contributed by atoms with Crippen molar-refractivity contribution in [2.45, 2.75) is 50.9 Å². The van der Waals surface area contributed by atoms with E-state index in [0.717, 1.165) is 38.5 Å². The second-order valence-electron chi connectivity index (χ2n) is 11.9. The predicted octanol–water partition coefficient (Wildman–Crippen LogP) is 9.51. The number of allylic oxidation sites excluding steroid dienone is 12. The fourth-order valence-electron chi connectivity index (χ4n) is 8.01. The number of hydrogen-bond acceptors (Lipinski definition) is 0. The highest BCUT2D eigenvalue weighted by molar-refractivity contribution is 5.89. The molecule has 0 fully saturated rings. The zero-order valence-corrected chi connectivity index (χ0v) is 23.2. The van der Waals surface area contributed by atoms with E-state index in [4.69, 9.17) is 0 Å². The van der Waals surface area contributed by atoms with Crippen LogP contribution in [0.2, 0.25) is 0 Å². The normalized spacial score (nSPS) is 24.2. The Morgan fingerprint density at radius 3 is 2.10 bits per heavy atom. The van der Waals surface area contributed by atoms with Crippen molar-refractivity contribution in [3.8, 4) is 5.69 Å². The van der Waals surface area contributed by atoms with Gasteiger partial charge in [0.2, 0.25) is 0 Å². The molecule has 1 heterocycles. The highest BCUT2D eigenvalue weighted by Gasteiger charge is 2.45. The molecule has 40 heavy (non-hydrogen) atoms. The monoisotopic (exact) mass is 517 g/mol. The molecule has 3 aromatic rings. The lowest BCUT2D eigenvalue weighted by Crippen LogP contribution is -2.38. The van der Waals surface area contributed by atoms with Crippen molar-refractivity contribution in [3.05, 3.63) is 154 Å². The van der Waals surface area contributed by atoms with Crippen molar-refractivity contribution < 1.29 is 0 Å². The third-order valence-electron chi connectivity index (χ3n) is 9.87. The summed E-state index contributed by atoms with van der Waals surface area (Å²) in [7, 11) is 0. The molecule has 0 bridgehead atoms. The Labute approximate surface area is 238 Å².